The van der Waals surface area contributed by atoms with Gasteiger partial charge in [-0.05, 0) is 35.7 Å². The van der Waals surface area contributed by atoms with Gasteiger partial charge in [0.25, 0.3) is 0 Å². The minimum absolute atomic E-state index is 0.0587. The summed E-state index contributed by atoms with van der Waals surface area (Å²) in [5.41, 5.74) is 3.85. The first kappa shape index (κ1) is 22.7. The minimum atomic E-state index is -3.69. The van der Waals surface area contributed by atoms with Gasteiger partial charge in [0.2, 0.25) is 17.7 Å². The molecule has 1 saturated heterocycles. The van der Waals surface area contributed by atoms with E-state index < -0.39 is 20.3 Å². The largest absolute Gasteiger partial charge is 0.423 e. The lowest BCUT2D eigenvalue weighted by molar-refractivity contribution is -0.118. The number of thioether (sulfide) groups is 1. The second-order valence-corrected chi connectivity index (χ2v) is 12.3. The van der Waals surface area contributed by atoms with Crippen LogP contribution in [0.5, 0.6) is 0 Å². The number of nitrogens with one attached hydrogen (secondary N) is 2. The van der Waals surface area contributed by atoms with E-state index in [2.05, 4.69) is 20.5 Å². The summed E-state index contributed by atoms with van der Waals surface area (Å²) in [4.78, 5) is 16.5. The third kappa shape index (κ3) is 4.36. The Morgan fingerprint density at radius 1 is 1.21 bits per heavy atom. The van der Waals surface area contributed by atoms with Crippen LogP contribution in [0.2, 0.25) is 0 Å². The summed E-state index contributed by atoms with van der Waals surface area (Å²) in [6.07, 6.45) is 1.21. The second-order valence-electron chi connectivity index (χ2n) is 7.93. The zero-order valence-electron chi connectivity index (χ0n) is 18.1. The molecule has 2 N–H and O–H groups in total. The van der Waals surface area contributed by atoms with Gasteiger partial charge in [-0.3, -0.25) is 10.2 Å². The first-order chi connectivity index (χ1) is 16.2. The van der Waals surface area contributed by atoms with Gasteiger partial charge in [-0.15, -0.1) is 21.5 Å². The summed E-state index contributed by atoms with van der Waals surface area (Å²) in [5.74, 6) is -0.269. The fourth-order valence-corrected chi connectivity index (χ4v) is 7.12. The number of fused-ring (bicyclic) bond motifs is 1. The van der Waals surface area contributed by atoms with E-state index in [0.29, 0.717) is 10.5 Å². The molecule has 0 spiro atoms. The maximum Gasteiger partial charge on any atom is 0.241 e. The number of aromatic nitrogens is 3. The summed E-state index contributed by atoms with van der Waals surface area (Å²) >= 11 is 2.33. The topological polar surface area (TPSA) is 139 Å². The van der Waals surface area contributed by atoms with E-state index in [9.17, 15) is 13.2 Å². The molecule has 0 saturated carbocycles. The minimum Gasteiger partial charge on any atom is -0.423 e. The molecule has 1 aliphatic heterocycles. The molecule has 2 aromatic heterocycles. The molecule has 2 unspecified atom stereocenters. The number of hydrogen-bond acceptors (Lipinski definition) is 10. The Labute approximate surface area is 203 Å². The van der Waals surface area contributed by atoms with E-state index in [1.165, 1.54) is 11.3 Å². The highest BCUT2D eigenvalue weighted by molar-refractivity contribution is 8.15. The van der Waals surface area contributed by atoms with E-state index in [-0.39, 0.29) is 29.3 Å². The van der Waals surface area contributed by atoms with Crippen molar-refractivity contribution < 1.29 is 17.6 Å². The van der Waals surface area contributed by atoms with E-state index in [1.807, 2.05) is 49.4 Å². The van der Waals surface area contributed by atoms with Crippen LogP contribution in [0.25, 0.3) is 21.3 Å². The molecule has 0 bridgehead atoms. The van der Waals surface area contributed by atoms with Crippen molar-refractivity contribution in [1.29, 1.82) is 5.41 Å². The molecule has 9 nitrogen and oxygen atoms in total. The van der Waals surface area contributed by atoms with Gasteiger partial charge in [-0.2, -0.15) is 0 Å². The monoisotopic (exact) mass is 513 g/mol. The Balaban J connectivity index is 1.51. The molecule has 0 aliphatic carbocycles. The van der Waals surface area contributed by atoms with Crippen molar-refractivity contribution in [3.8, 4) is 11.1 Å². The number of amides is 1. The standard InChI is InChI=1S/C22H19N5O4S3/c1-11-8-14-15(9-13(11)12-6-4-3-5-7-12)32-21(24-14)18(34(2,29)30)20-27-26-17(31-20)10-16-19(28)25-22(23)33-16/h3-9,16,18H,10H2,1-2H3,(H2,23,25,28). The fourth-order valence-electron chi connectivity index (χ4n) is 3.77. The van der Waals surface area contributed by atoms with Gasteiger partial charge in [0, 0.05) is 12.7 Å². The fraction of sp³-hybridized carbons (Fsp3) is 0.227. The van der Waals surface area contributed by atoms with Crippen molar-refractivity contribution in [2.75, 3.05) is 6.26 Å². The van der Waals surface area contributed by atoms with Crippen LogP contribution in [0.4, 0.5) is 0 Å². The van der Waals surface area contributed by atoms with Crippen LogP contribution in [-0.4, -0.2) is 46.2 Å². The lowest BCUT2D eigenvalue weighted by Gasteiger charge is -2.07. The zero-order chi connectivity index (χ0) is 24.0. The molecule has 5 rings (SSSR count). The first-order valence-electron chi connectivity index (χ1n) is 10.2. The Bertz CT molecular complexity index is 1530. The van der Waals surface area contributed by atoms with Crippen LogP contribution in [0.1, 0.15) is 27.6 Å². The number of benzene rings is 2. The Morgan fingerprint density at radius 2 is 1.97 bits per heavy atom. The van der Waals surface area contributed by atoms with E-state index in [1.54, 1.807) is 0 Å². The van der Waals surface area contributed by atoms with Gasteiger partial charge in [0.1, 0.15) is 10.3 Å². The molecule has 3 heterocycles. The van der Waals surface area contributed by atoms with Crippen molar-refractivity contribution in [2.24, 2.45) is 0 Å². The number of thiazole rings is 1. The lowest BCUT2D eigenvalue weighted by atomic mass is 10.0. The molecule has 1 amide bonds. The molecule has 4 aromatic rings. The number of sulfone groups is 1. The number of aryl methyl sites for hydroxylation is 1. The summed E-state index contributed by atoms with van der Waals surface area (Å²) in [6, 6.07) is 13.9. The van der Waals surface area contributed by atoms with Gasteiger partial charge in [0.15, 0.2) is 20.3 Å². The maximum atomic E-state index is 12.8. The third-order valence-corrected chi connectivity index (χ3v) is 8.86. The summed E-state index contributed by atoms with van der Waals surface area (Å²) < 4.78 is 32.1. The Morgan fingerprint density at radius 3 is 2.65 bits per heavy atom. The van der Waals surface area contributed by atoms with Gasteiger partial charge in [0.05, 0.1) is 10.2 Å². The molecule has 0 radical (unpaired) electrons. The van der Waals surface area contributed by atoms with Gasteiger partial charge >= 0.3 is 0 Å². The maximum absolute atomic E-state index is 12.8. The van der Waals surface area contributed by atoms with Crippen molar-refractivity contribution in [1.82, 2.24) is 20.5 Å². The van der Waals surface area contributed by atoms with Gasteiger partial charge in [-0.1, -0.05) is 42.1 Å². The van der Waals surface area contributed by atoms with Crippen LogP contribution in [-0.2, 0) is 21.1 Å². The van der Waals surface area contributed by atoms with Crippen LogP contribution in [0.15, 0.2) is 46.9 Å². The highest BCUT2D eigenvalue weighted by Crippen LogP contribution is 2.37. The number of hydrogen-bond donors (Lipinski definition) is 2. The molecule has 12 heteroatoms. The normalized spacial score (nSPS) is 17.3. The van der Waals surface area contributed by atoms with Crippen molar-refractivity contribution in [3.05, 3.63) is 64.8 Å². The second kappa shape index (κ2) is 8.60. The quantitative estimate of drug-likeness (QED) is 0.399. The third-order valence-electron chi connectivity index (χ3n) is 5.34. The highest BCUT2D eigenvalue weighted by atomic mass is 32.2. The molecule has 2 atom stereocenters. The van der Waals surface area contributed by atoms with Crippen LogP contribution in [0.3, 0.4) is 0 Å². The van der Waals surface area contributed by atoms with Crippen LogP contribution < -0.4 is 5.32 Å². The smallest absolute Gasteiger partial charge is 0.241 e. The zero-order valence-corrected chi connectivity index (χ0v) is 20.6. The molecular weight excluding hydrogens is 494 g/mol. The summed E-state index contributed by atoms with van der Waals surface area (Å²) in [7, 11) is -3.69. The molecule has 1 aliphatic rings. The van der Waals surface area contributed by atoms with Gasteiger partial charge < -0.3 is 9.73 Å². The number of amidine groups is 1. The van der Waals surface area contributed by atoms with Crippen LogP contribution in [0, 0.1) is 12.3 Å². The molecule has 2 aromatic carbocycles. The number of carbonyl (C=O) groups is 1. The number of rotatable bonds is 6. The average molecular weight is 514 g/mol. The number of carbonyl (C=O) groups excluding carboxylic acids is 1. The average Bonchev–Trinajstić information content (AvgIpc) is 3.46. The van der Waals surface area contributed by atoms with E-state index in [4.69, 9.17) is 9.83 Å². The molecule has 34 heavy (non-hydrogen) atoms. The molecule has 174 valence electrons. The molecular formula is C22H19N5O4S3. The Kier molecular flexibility index (Phi) is 5.74. The molecule has 1 fully saturated rings. The number of nitrogens with zero attached hydrogens (tertiary/aromatic N) is 3. The predicted molar refractivity (Wildman–Crippen MR) is 132 cm³/mol. The highest BCUT2D eigenvalue weighted by Gasteiger charge is 2.36. The van der Waals surface area contributed by atoms with E-state index in [0.717, 1.165) is 39.4 Å². The van der Waals surface area contributed by atoms with Crippen molar-refractivity contribution >= 4 is 54.2 Å². The van der Waals surface area contributed by atoms with Crippen molar-refractivity contribution in [2.45, 2.75) is 23.8 Å². The summed E-state index contributed by atoms with van der Waals surface area (Å²) in [6.45, 7) is 2.00. The summed E-state index contributed by atoms with van der Waals surface area (Å²) in [5, 5.41) is 16.5. The SMILES string of the molecule is Cc1cc2nc(C(c3nnc(CC4SC(=N)NC4=O)o3)S(C)(=O)=O)sc2cc1-c1ccccc1. The predicted octanol–water partition coefficient (Wildman–Crippen LogP) is 3.50. The van der Waals surface area contributed by atoms with E-state index >= 15 is 0 Å². The lowest BCUT2D eigenvalue weighted by Crippen LogP contribution is -2.25. The Hall–Kier alpha value is -3.09. The van der Waals surface area contributed by atoms with Crippen molar-refractivity contribution in [3.63, 3.8) is 0 Å². The van der Waals surface area contributed by atoms with Gasteiger partial charge in [-0.25, -0.2) is 13.4 Å². The first-order valence-corrected chi connectivity index (χ1v) is 13.9. The van der Waals surface area contributed by atoms with Crippen LogP contribution >= 0.6 is 23.1 Å².